The monoisotopic (exact) mass is 303 g/mol. The smallest absolute Gasteiger partial charge is 0.238 e. The van der Waals surface area contributed by atoms with Crippen molar-refractivity contribution in [1.29, 1.82) is 0 Å². The Morgan fingerprint density at radius 2 is 1.50 bits per heavy atom. The number of aliphatic hydroxyl groups is 2. The topological polar surface area (TPSA) is 87.1 Å². The molecule has 2 amide bonds. The van der Waals surface area contributed by atoms with Gasteiger partial charge in [-0.15, -0.1) is 0 Å². The van der Waals surface area contributed by atoms with Gasteiger partial charge in [-0.05, 0) is 30.7 Å². The first-order chi connectivity index (χ1) is 10.5. The Morgan fingerprint density at radius 3 is 1.95 bits per heavy atom. The van der Waals surface area contributed by atoms with Crippen molar-refractivity contribution in [3.63, 3.8) is 0 Å². The molecule has 116 valence electrons. The molecule has 1 aliphatic heterocycles. The van der Waals surface area contributed by atoms with Crippen LogP contribution in [0.1, 0.15) is 6.42 Å². The van der Waals surface area contributed by atoms with Gasteiger partial charge in [-0.25, -0.2) is 0 Å². The Morgan fingerprint density at radius 1 is 1.00 bits per heavy atom. The van der Waals surface area contributed by atoms with Crippen molar-refractivity contribution in [3.8, 4) is 5.75 Å². The number of rotatable bonds is 2. The molecule has 2 aliphatic carbocycles. The minimum Gasteiger partial charge on any atom is -0.497 e. The van der Waals surface area contributed by atoms with E-state index in [4.69, 9.17) is 4.74 Å². The maximum absolute atomic E-state index is 12.7. The van der Waals surface area contributed by atoms with Crippen molar-refractivity contribution in [2.75, 3.05) is 12.0 Å². The molecule has 3 fully saturated rings. The molecule has 6 atom stereocenters. The molecule has 4 rings (SSSR count). The van der Waals surface area contributed by atoms with E-state index in [0.717, 1.165) is 0 Å². The van der Waals surface area contributed by atoms with Gasteiger partial charge in [0, 0.05) is 11.8 Å². The normalized spacial score (nSPS) is 39.5. The number of hydrogen-bond donors (Lipinski definition) is 2. The molecule has 1 aromatic rings. The molecule has 2 saturated carbocycles. The van der Waals surface area contributed by atoms with Crippen LogP contribution in [0.25, 0.3) is 0 Å². The Hall–Kier alpha value is -1.92. The van der Waals surface area contributed by atoms with Gasteiger partial charge in [-0.2, -0.15) is 0 Å². The average Bonchev–Trinajstić information content (AvgIpc) is 3.13. The first kappa shape index (κ1) is 13.7. The maximum atomic E-state index is 12.7. The number of amides is 2. The number of carbonyl (C=O) groups is 2. The summed E-state index contributed by atoms with van der Waals surface area (Å²) < 4.78 is 5.08. The summed E-state index contributed by atoms with van der Waals surface area (Å²) in [4.78, 5) is 26.5. The summed E-state index contributed by atoms with van der Waals surface area (Å²) in [5, 5.41) is 20.0. The minimum atomic E-state index is -0.904. The molecule has 1 aromatic carbocycles. The number of nitrogens with zero attached hydrogens (tertiary/aromatic N) is 1. The molecule has 0 radical (unpaired) electrons. The molecule has 5 unspecified atom stereocenters. The predicted molar refractivity (Wildman–Crippen MR) is 76.1 cm³/mol. The van der Waals surface area contributed by atoms with Gasteiger partial charge in [0.15, 0.2) is 0 Å². The second-order valence-electron chi connectivity index (χ2n) is 6.31. The number of aliphatic hydroxyl groups excluding tert-OH is 2. The largest absolute Gasteiger partial charge is 0.497 e. The Kier molecular flexibility index (Phi) is 2.83. The lowest BCUT2D eigenvalue weighted by molar-refractivity contribution is -0.129. The molecule has 0 aromatic heterocycles. The zero-order chi connectivity index (χ0) is 15.6. The molecule has 2 bridgehead atoms. The van der Waals surface area contributed by atoms with E-state index in [9.17, 15) is 19.8 Å². The van der Waals surface area contributed by atoms with Crippen LogP contribution in [0.3, 0.4) is 0 Å². The molecular formula is C16H17NO5. The van der Waals surface area contributed by atoms with Gasteiger partial charge in [0.25, 0.3) is 0 Å². The highest BCUT2D eigenvalue weighted by molar-refractivity contribution is 6.22. The van der Waals surface area contributed by atoms with Crippen LogP contribution in [-0.4, -0.2) is 41.3 Å². The quantitative estimate of drug-likeness (QED) is 0.761. The van der Waals surface area contributed by atoms with Gasteiger partial charge in [0.2, 0.25) is 11.8 Å². The molecule has 6 heteroatoms. The van der Waals surface area contributed by atoms with E-state index in [1.807, 2.05) is 0 Å². The highest BCUT2D eigenvalue weighted by Crippen LogP contribution is 2.56. The average molecular weight is 303 g/mol. The fourth-order valence-electron chi connectivity index (χ4n) is 4.42. The number of hydrogen-bond acceptors (Lipinski definition) is 5. The van der Waals surface area contributed by atoms with Gasteiger partial charge >= 0.3 is 0 Å². The van der Waals surface area contributed by atoms with Gasteiger partial charge in [-0.3, -0.25) is 14.5 Å². The third-order valence-electron chi connectivity index (χ3n) is 5.42. The number of benzene rings is 1. The zero-order valence-corrected chi connectivity index (χ0v) is 12.0. The summed E-state index contributed by atoms with van der Waals surface area (Å²) in [6.45, 7) is 0. The molecule has 3 aliphatic rings. The van der Waals surface area contributed by atoms with Crippen LogP contribution in [0, 0.1) is 23.7 Å². The third kappa shape index (κ3) is 1.56. The lowest BCUT2D eigenvalue weighted by atomic mass is 9.78. The highest BCUT2D eigenvalue weighted by Gasteiger charge is 2.67. The van der Waals surface area contributed by atoms with E-state index >= 15 is 0 Å². The molecule has 6 nitrogen and oxygen atoms in total. The lowest BCUT2D eigenvalue weighted by Crippen LogP contribution is -2.43. The van der Waals surface area contributed by atoms with Gasteiger partial charge in [-0.1, -0.05) is 0 Å². The molecular weight excluding hydrogens is 286 g/mol. The van der Waals surface area contributed by atoms with E-state index in [1.165, 1.54) is 4.90 Å². The fraction of sp³-hybridized carbons (Fsp3) is 0.500. The fourth-order valence-corrected chi connectivity index (χ4v) is 4.42. The summed E-state index contributed by atoms with van der Waals surface area (Å²) in [7, 11) is 1.55. The minimum absolute atomic E-state index is 0.265. The lowest BCUT2D eigenvalue weighted by Gasteiger charge is -2.29. The summed E-state index contributed by atoms with van der Waals surface area (Å²) in [6.07, 6.45) is -1.26. The van der Waals surface area contributed by atoms with Crippen molar-refractivity contribution in [3.05, 3.63) is 24.3 Å². The SMILES string of the molecule is COc1ccc(N2C(=O)C3C4CC(C3C2=O)[C@H](O)C4O)cc1. The number of fused-ring (bicyclic) bond motifs is 5. The number of methoxy groups -OCH3 is 1. The van der Waals surface area contributed by atoms with Gasteiger partial charge in [0.1, 0.15) is 5.75 Å². The number of anilines is 1. The molecule has 2 N–H and O–H groups in total. The Labute approximate surface area is 127 Å². The predicted octanol–water partition coefficient (Wildman–Crippen LogP) is 0.172. The highest BCUT2D eigenvalue weighted by atomic mass is 16.5. The molecule has 1 heterocycles. The first-order valence-electron chi connectivity index (χ1n) is 7.42. The van der Waals surface area contributed by atoms with E-state index in [-0.39, 0.29) is 23.7 Å². The van der Waals surface area contributed by atoms with Crippen molar-refractivity contribution >= 4 is 17.5 Å². The third-order valence-corrected chi connectivity index (χ3v) is 5.42. The standard InChI is InChI=1S/C16H17NO5/c1-22-8-4-2-7(3-5-8)17-15(20)11-9-6-10(12(11)16(17)21)14(19)13(9)18/h2-5,9-14,18-19H,6H2,1H3/t9?,10?,11?,12?,13-,14?/m0/s1. The zero-order valence-electron chi connectivity index (χ0n) is 12.0. The van der Waals surface area contributed by atoms with Crippen LogP contribution < -0.4 is 9.64 Å². The number of imide groups is 1. The second-order valence-corrected chi connectivity index (χ2v) is 6.31. The van der Waals surface area contributed by atoms with Crippen LogP contribution in [0.15, 0.2) is 24.3 Å². The van der Waals surface area contributed by atoms with Gasteiger partial charge < -0.3 is 14.9 Å². The Bertz CT molecular complexity index is 610. The van der Waals surface area contributed by atoms with Crippen LogP contribution >= 0.6 is 0 Å². The van der Waals surface area contributed by atoms with E-state index in [0.29, 0.717) is 17.9 Å². The summed E-state index contributed by atoms with van der Waals surface area (Å²) in [6, 6.07) is 6.74. The molecule has 22 heavy (non-hydrogen) atoms. The molecule has 0 spiro atoms. The summed E-state index contributed by atoms with van der Waals surface area (Å²) in [5.41, 5.74) is 0.508. The number of ether oxygens (including phenoxy) is 1. The molecule has 1 saturated heterocycles. The van der Waals surface area contributed by atoms with Crippen LogP contribution in [0.5, 0.6) is 5.75 Å². The van der Waals surface area contributed by atoms with Crippen molar-refractivity contribution in [2.45, 2.75) is 18.6 Å². The van der Waals surface area contributed by atoms with E-state index in [2.05, 4.69) is 0 Å². The second kappa shape index (κ2) is 4.54. The van der Waals surface area contributed by atoms with Crippen molar-refractivity contribution in [2.24, 2.45) is 23.7 Å². The van der Waals surface area contributed by atoms with Crippen molar-refractivity contribution < 1.29 is 24.5 Å². The van der Waals surface area contributed by atoms with Crippen LogP contribution in [0.2, 0.25) is 0 Å². The van der Waals surface area contributed by atoms with Gasteiger partial charge in [0.05, 0.1) is 36.8 Å². The Balaban J connectivity index is 1.69. The summed E-state index contributed by atoms with van der Waals surface area (Å²) >= 11 is 0. The first-order valence-corrected chi connectivity index (χ1v) is 7.42. The van der Waals surface area contributed by atoms with Crippen molar-refractivity contribution in [1.82, 2.24) is 0 Å². The maximum Gasteiger partial charge on any atom is 0.238 e. The van der Waals surface area contributed by atoms with Crippen LogP contribution in [-0.2, 0) is 9.59 Å². The summed E-state index contributed by atoms with van der Waals surface area (Å²) in [5.74, 6) is -1.52. The number of carbonyl (C=O) groups excluding carboxylic acids is 2. The van der Waals surface area contributed by atoms with E-state index < -0.39 is 24.0 Å². The van der Waals surface area contributed by atoms with Crippen LogP contribution in [0.4, 0.5) is 5.69 Å². The van der Waals surface area contributed by atoms with E-state index in [1.54, 1.807) is 31.4 Å².